The Labute approximate surface area is 183 Å². The number of nitrogens with one attached hydrogen (secondary N) is 2. The molecule has 32 heavy (non-hydrogen) atoms. The number of carbonyl (C=O) groups excluding carboxylic acids is 3. The Morgan fingerprint density at radius 3 is 2.16 bits per heavy atom. The first-order chi connectivity index (χ1) is 14.7. The van der Waals surface area contributed by atoms with Gasteiger partial charge >= 0.3 is 6.18 Å². The maximum absolute atomic E-state index is 13.5. The number of hydrogen-bond acceptors (Lipinski definition) is 3. The Morgan fingerprint density at radius 2 is 1.66 bits per heavy atom. The summed E-state index contributed by atoms with van der Waals surface area (Å²) in [6, 6.07) is 1.81. The van der Waals surface area contributed by atoms with Gasteiger partial charge in [-0.2, -0.15) is 13.2 Å². The molecule has 0 aliphatic heterocycles. The van der Waals surface area contributed by atoms with Crippen molar-refractivity contribution >= 4 is 23.3 Å². The van der Waals surface area contributed by atoms with Gasteiger partial charge in [0.2, 0.25) is 0 Å². The average Bonchev–Trinajstić information content (AvgIpc) is 2.94. The van der Waals surface area contributed by atoms with Gasteiger partial charge in [-0.05, 0) is 56.0 Å². The van der Waals surface area contributed by atoms with Gasteiger partial charge in [0.1, 0.15) is 11.9 Å². The molecular formula is C22H25F4N3O3. The number of Topliss-reactive ketones (excluding diaryl/α,β-unsaturated/α-hetero) is 1. The summed E-state index contributed by atoms with van der Waals surface area (Å²) in [5, 5.41) is 4.30. The number of carbonyl (C=O) groups is 3. The Kier molecular flexibility index (Phi) is 7.16. The highest BCUT2D eigenvalue weighted by Crippen LogP contribution is 2.31. The molecule has 6 nitrogen and oxygen atoms in total. The van der Waals surface area contributed by atoms with Gasteiger partial charge in [-0.25, -0.2) is 4.39 Å². The molecule has 0 fully saturated rings. The number of hydrogen-bond donors (Lipinski definition) is 2. The van der Waals surface area contributed by atoms with Crippen molar-refractivity contribution in [3.8, 4) is 0 Å². The molecule has 1 aromatic carbocycles. The lowest BCUT2D eigenvalue weighted by atomic mass is 9.95. The molecular weight excluding hydrogens is 430 g/mol. The first-order valence-corrected chi connectivity index (χ1v) is 9.85. The minimum atomic E-state index is -4.71. The molecule has 2 aromatic rings. The zero-order valence-electron chi connectivity index (χ0n) is 18.6. The second-order valence-corrected chi connectivity index (χ2v) is 7.92. The molecule has 2 N–H and O–H groups in total. The van der Waals surface area contributed by atoms with E-state index in [-0.39, 0.29) is 16.8 Å². The van der Waals surface area contributed by atoms with Gasteiger partial charge in [-0.1, -0.05) is 13.8 Å². The van der Waals surface area contributed by atoms with Crippen LogP contribution in [0.25, 0.3) is 0 Å². The standard InChI is InChI=1S/C22H25F4N3O3/c1-10(2)16-17(20(31)28-14-7-8-15(23)11(3)9-14)12(4)29(6)18(16)19(30)21(32)27-13(5)22(24,25)26/h7-10,13H,1-6H3,(H,27,32)(H,28,31). The van der Waals surface area contributed by atoms with Gasteiger partial charge < -0.3 is 15.2 Å². The summed E-state index contributed by atoms with van der Waals surface area (Å²) in [6.07, 6.45) is -4.71. The maximum atomic E-state index is 13.5. The molecule has 2 rings (SSSR count). The topological polar surface area (TPSA) is 80.2 Å². The first kappa shape index (κ1) is 25.1. The van der Waals surface area contributed by atoms with Crippen molar-refractivity contribution in [2.24, 2.45) is 7.05 Å². The average molecular weight is 455 g/mol. The SMILES string of the molecule is Cc1cc(NC(=O)c2c(C(C)C)c(C(=O)C(=O)NC(C)C(F)(F)F)n(C)c2C)ccc1F. The van der Waals surface area contributed by atoms with E-state index in [1.165, 1.54) is 36.7 Å². The van der Waals surface area contributed by atoms with Crippen molar-refractivity contribution in [1.82, 2.24) is 9.88 Å². The quantitative estimate of drug-likeness (QED) is 0.385. The fourth-order valence-corrected chi connectivity index (χ4v) is 3.32. The fraction of sp³-hybridized carbons (Fsp3) is 0.409. The molecule has 1 unspecified atom stereocenters. The molecule has 0 saturated heterocycles. The van der Waals surface area contributed by atoms with Crippen LogP contribution in [0.3, 0.4) is 0 Å². The van der Waals surface area contributed by atoms with Crippen molar-refractivity contribution < 1.29 is 31.9 Å². The van der Waals surface area contributed by atoms with Crippen LogP contribution >= 0.6 is 0 Å². The van der Waals surface area contributed by atoms with Crippen LogP contribution < -0.4 is 10.6 Å². The number of anilines is 1. The number of alkyl halides is 3. The van der Waals surface area contributed by atoms with E-state index in [1.807, 2.05) is 0 Å². The van der Waals surface area contributed by atoms with Crippen molar-refractivity contribution in [2.75, 3.05) is 5.32 Å². The summed E-state index contributed by atoms with van der Waals surface area (Å²) in [5.41, 5.74) is 1.21. The summed E-state index contributed by atoms with van der Waals surface area (Å²) in [5.74, 6) is -4.02. The Hall–Kier alpha value is -3.17. The van der Waals surface area contributed by atoms with E-state index >= 15 is 0 Å². The summed E-state index contributed by atoms with van der Waals surface area (Å²) >= 11 is 0. The number of rotatable bonds is 6. The van der Waals surface area contributed by atoms with Gasteiger partial charge in [0, 0.05) is 18.4 Å². The number of benzene rings is 1. The summed E-state index contributed by atoms with van der Waals surface area (Å²) in [7, 11) is 1.45. The summed E-state index contributed by atoms with van der Waals surface area (Å²) in [6.45, 7) is 7.22. The third-order valence-corrected chi connectivity index (χ3v) is 5.20. The normalized spacial score (nSPS) is 12.6. The Bertz CT molecular complexity index is 1070. The number of aromatic nitrogens is 1. The third kappa shape index (κ3) is 5.00. The Balaban J connectivity index is 2.47. The van der Waals surface area contributed by atoms with Gasteiger partial charge in [-0.15, -0.1) is 0 Å². The zero-order chi connectivity index (χ0) is 24.5. The second-order valence-electron chi connectivity index (χ2n) is 7.92. The Morgan fingerprint density at radius 1 is 1.06 bits per heavy atom. The van der Waals surface area contributed by atoms with E-state index in [4.69, 9.17) is 0 Å². The molecule has 0 saturated carbocycles. The lowest BCUT2D eigenvalue weighted by Gasteiger charge is -2.17. The number of ketones is 1. The molecule has 0 radical (unpaired) electrons. The summed E-state index contributed by atoms with van der Waals surface area (Å²) < 4.78 is 53.2. The van der Waals surface area contributed by atoms with Crippen LogP contribution in [-0.2, 0) is 11.8 Å². The third-order valence-electron chi connectivity index (χ3n) is 5.20. The largest absolute Gasteiger partial charge is 0.408 e. The van der Waals surface area contributed by atoms with Crippen molar-refractivity contribution in [3.63, 3.8) is 0 Å². The maximum Gasteiger partial charge on any atom is 0.408 e. The van der Waals surface area contributed by atoms with Gasteiger partial charge in [0.05, 0.1) is 11.3 Å². The fourth-order valence-electron chi connectivity index (χ4n) is 3.32. The minimum Gasteiger partial charge on any atom is -0.344 e. The highest BCUT2D eigenvalue weighted by atomic mass is 19.4. The monoisotopic (exact) mass is 455 g/mol. The van der Waals surface area contributed by atoms with Crippen LogP contribution in [0.1, 0.15) is 64.4 Å². The smallest absolute Gasteiger partial charge is 0.344 e. The van der Waals surface area contributed by atoms with Crippen molar-refractivity contribution in [2.45, 2.75) is 52.8 Å². The van der Waals surface area contributed by atoms with Crippen LogP contribution in [-0.4, -0.2) is 34.4 Å². The molecule has 0 aliphatic rings. The molecule has 0 aliphatic carbocycles. The number of nitrogens with zero attached hydrogens (tertiary/aromatic N) is 1. The molecule has 0 bridgehead atoms. The van der Waals surface area contributed by atoms with Crippen LogP contribution in [0, 0.1) is 19.7 Å². The predicted octanol–water partition coefficient (Wildman–Crippen LogP) is 4.41. The summed E-state index contributed by atoms with van der Waals surface area (Å²) in [4.78, 5) is 38.1. The first-order valence-electron chi connectivity index (χ1n) is 9.85. The van der Waals surface area contributed by atoms with Crippen LogP contribution in [0.2, 0.25) is 0 Å². The van der Waals surface area contributed by atoms with Crippen LogP contribution in [0.5, 0.6) is 0 Å². The number of amides is 2. The van der Waals surface area contributed by atoms with Gasteiger partial charge in [0.15, 0.2) is 0 Å². The van der Waals surface area contributed by atoms with E-state index in [2.05, 4.69) is 5.32 Å². The predicted molar refractivity (Wildman–Crippen MR) is 111 cm³/mol. The van der Waals surface area contributed by atoms with Crippen molar-refractivity contribution in [3.05, 3.63) is 52.1 Å². The highest BCUT2D eigenvalue weighted by Gasteiger charge is 2.39. The number of halogens is 4. The number of aryl methyl sites for hydroxylation is 1. The molecule has 10 heteroatoms. The van der Waals surface area contributed by atoms with Crippen LogP contribution in [0.15, 0.2) is 18.2 Å². The molecule has 2 amide bonds. The van der Waals surface area contributed by atoms with E-state index in [9.17, 15) is 31.9 Å². The minimum absolute atomic E-state index is 0.129. The second kappa shape index (κ2) is 9.13. The van der Waals surface area contributed by atoms with E-state index in [0.717, 1.165) is 6.92 Å². The zero-order valence-corrected chi connectivity index (χ0v) is 18.6. The van der Waals surface area contributed by atoms with Crippen LogP contribution in [0.4, 0.5) is 23.2 Å². The highest BCUT2D eigenvalue weighted by molar-refractivity contribution is 6.43. The van der Waals surface area contributed by atoms with Crippen molar-refractivity contribution in [1.29, 1.82) is 0 Å². The lowest BCUT2D eigenvalue weighted by Crippen LogP contribution is -2.46. The molecule has 1 heterocycles. The molecule has 174 valence electrons. The molecule has 0 spiro atoms. The van der Waals surface area contributed by atoms with E-state index < -0.39 is 41.6 Å². The lowest BCUT2D eigenvalue weighted by molar-refractivity contribution is -0.156. The molecule has 1 atom stereocenters. The van der Waals surface area contributed by atoms with Gasteiger partial charge in [0.25, 0.3) is 17.6 Å². The van der Waals surface area contributed by atoms with Gasteiger partial charge in [-0.3, -0.25) is 14.4 Å². The van der Waals surface area contributed by atoms with E-state index in [1.54, 1.807) is 26.1 Å². The van der Waals surface area contributed by atoms with E-state index in [0.29, 0.717) is 16.9 Å². The molecule has 1 aromatic heterocycles.